The molecular weight excluding hydrogens is 426 g/mol. The molecule has 194 valence electrons. The zero-order valence-corrected chi connectivity index (χ0v) is 22.8. The standard InChI is InChI=1S/C33H51NO/c1-3-5-7-9-11-13-28-14-16-29(17-15-28)18-19-30-20-22-31(23-21-30)33-25-24-32(27-34-33)35-26-12-10-8-6-4-2/h20-25,27-29H,3-19,26H2,1-2H3. The van der Waals surface area contributed by atoms with E-state index in [-0.39, 0.29) is 0 Å². The highest BCUT2D eigenvalue weighted by atomic mass is 16.5. The molecule has 3 rings (SSSR count). The molecule has 0 amide bonds. The molecule has 0 N–H and O–H groups in total. The summed E-state index contributed by atoms with van der Waals surface area (Å²) in [6, 6.07) is 13.2. The third-order valence-electron chi connectivity index (χ3n) is 8.03. The van der Waals surface area contributed by atoms with Crippen molar-refractivity contribution < 1.29 is 4.74 Å². The smallest absolute Gasteiger partial charge is 0.137 e. The van der Waals surface area contributed by atoms with E-state index < -0.39 is 0 Å². The van der Waals surface area contributed by atoms with Crippen LogP contribution in [0.4, 0.5) is 0 Å². The van der Waals surface area contributed by atoms with Crippen LogP contribution in [0.3, 0.4) is 0 Å². The van der Waals surface area contributed by atoms with Crippen LogP contribution in [0.2, 0.25) is 0 Å². The van der Waals surface area contributed by atoms with Crippen molar-refractivity contribution in [2.45, 2.75) is 123 Å². The number of aryl methyl sites for hydroxylation is 1. The van der Waals surface area contributed by atoms with Gasteiger partial charge in [-0.25, -0.2) is 0 Å². The van der Waals surface area contributed by atoms with E-state index in [9.17, 15) is 0 Å². The molecule has 0 unspecified atom stereocenters. The van der Waals surface area contributed by atoms with Crippen molar-refractivity contribution in [2.75, 3.05) is 6.61 Å². The highest BCUT2D eigenvalue weighted by Crippen LogP contribution is 2.34. The van der Waals surface area contributed by atoms with E-state index in [1.807, 2.05) is 6.20 Å². The molecule has 1 fully saturated rings. The average Bonchev–Trinajstić information content (AvgIpc) is 2.91. The second-order valence-electron chi connectivity index (χ2n) is 11.0. The van der Waals surface area contributed by atoms with Gasteiger partial charge in [0.05, 0.1) is 18.5 Å². The van der Waals surface area contributed by atoms with Crippen LogP contribution in [0.5, 0.6) is 5.75 Å². The Kier molecular flexibility index (Phi) is 13.3. The molecule has 35 heavy (non-hydrogen) atoms. The molecule has 0 aliphatic heterocycles. The van der Waals surface area contributed by atoms with Gasteiger partial charge < -0.3 is 4.74 Å². The Morgan fingerprint density at radius 1 is 0.686 bits per heavy atom. The average molecular weight is 478 g/mol. The summed E-state index contributed by atoms with van der Waals surface area (Å²) >= 11 is 0. The molecule has 1 heterocycles. The van der Waals surface area contributed by atoms with Crippen molar-refractivity contribution in [3.63, 3.8) is 0 Å². The largest absolute Gasteiger partial charge is 0.492 e. The van der Waals surface area contributed by atoms with Crippen molar-refractivity contribution >= 4 is 0 Å². The van der Waals surface area contributed by atoms with Crippen LogP contribution in [0, 0.1) is 11.8 Å². The van der Waals surface area contributed by atoms with E-state index in [1.54, 1.807) is 0 Å². The van der Waals surface area contributed by atoms with Gasteiger partial charge in [0.15, 0.2) is 0 Å². The predicted molar refractivity (Wildman–Crippen MR) is 151 cm³/mol. The molecule has 1 aromatic carbocycles. The molecule has 0 saturated heterocycles. The minimum Gasteiger partial charge on any atom is -0.492 e. The molecule has 0 radical (unpaired) electrons. The lowest BCUT2D eigenvalue weighted by molar-refractivity contribution is 0.248. The van der Waals surface area contributed by atoms with Gasteiger partial charge in [0.25, 0.3) is 0 Å². The van der Waals surface area contributed by atoms with E-state index >= 15 is 0 Å². The Morgan fingerprint density at radius 3 is 1.94 bits per heavy atom. The maximum absolute atomic E-state index is 5.86. The number of nitrogens with zero attached hydrogens (tertiary/aromatic N) is 1. The van der Waals surface area contributed by atoms with Gasteiger partial charge in [-0.05, 0) is 48.8 Å². The summed E-state index contributed by atoms with van der Waals surface area (Å²) in [6.07, 6.45) is 25.2. The number of hydrogen-bond acceptors (Lipinski definition) is 2. The van der Waals surface area contributed by atoms with Crippen molar-refractivity contribution in [1.82, 2.24) is 4.98 Å². The first-order valence-corrected chi connectivity index (χ1v) is 15.0. The highest BCUT2D eigenvalue weighted by molar-refractivity contribution is 5.59. The fourth-order valence-electron chi connectivity index (χ4n) is 5.59. The van der Waals surface area contributed by atoms with Crippen LogP contribution >= 0.6 is 0 Å². The summed E-state index contributed by atoms with van der Waals surface area (Å²) in [6.45, 7) is 5.35. The molecule has 1 saturated carbocycles. The Hall–Kier alpha value is -1.83. The van der Waals surface area contributed by atoms with E-state index in [0.717, 1.165) is 36.3 Å². The molecule has 2 heteroatoms. The topological polar surface area (TPSA) is 22.1 Å². The fraction of sp³-hybridized carbons (Fsp3) is 0.667. The Morgan fingerprint density at radius 2 is 1.31 bits per heavy atom. The second kappa shape index (κ2) is 16.8. The Balaban J connectivity index is 1.32. The SMILES string of the molecule is CCCCCCCOc1ccc(-c2ccc(CCC3CCC(CCCCCCC)CC3)cc2)nc1. The first-order chi connectivity index (χ1) is 17.3. The third-order valence-corrected chi connectivity index (χ3v) is 8.03. The molecule has 0 atom stereocenters. The van der Waals surface area contributed by atoms with E-state index in [0.29, 0.717) is 0 Å². The van der Waals surface area contributed by atoms with E-state index in [2.05, 4.69) is 55.2 Å². The van der Waals surface area contributed by atoms with E-state index in [1.165, 1.54) is 114 Å². The number of aromatic nitrogens is 1. The zero-order chi connectivity index (χ0) is 24.6. The van der Waals surface area contributed by atoms with Crippen LogP contribution < -0.4 is 4.74 Å². The summed E-state index contributed by atoms with van der Waals surface area (Å²) in [5.41, 5.74) is 3.69. The molecular formula is C33H51NO. The van der Waals surface area contributed by atoms with Gasteiger partial charge in [-0.2, -0.15) is 0 Å². The summed E-state index contributed by atoms with van der Waals surface area (Å²) in [7, 11) is 0. The molecule has 2 aromatic rings. The van der Waals surface area contributed by atoms with Gasteiger partial charge in [0.1, 0.15) is 5.75 Å². The number of hydrogen-bond donors (Lipinski definition) is 0. The van der Waals surface area contributed by atoms with Crippen LogP contribution in [0.1, 0.15) is 122 Å². The van der Waals surface area contributed by atoms with Gasteiger partial charge in [0.2, 0.25) is 0 Å². The number of unbranched alkanes of at least 4 members (excludes halogenated alkanes) is 8. The van der Waals surface area contributed by atoms with Crippen molar-refractivity contribution in [1.29, 1.82) is 0 Å². The first-order valence-electron chi connectivity index (χ1n) is 15.0. The van der Waals surface area contributed by atoms with Gasteiger partial charge in [-0.15, -0.1) is 0 Å². The van der Waals surface area contributed by atoms with Crippen molar-refractivity contribution in [3.05, 3.63) is 48.2 Å². The predicted octanol–water partition coefficient (Wildman–Crippen LogP) is 10.2. The maximum Gasteiger partial charge on any atom is 0.137 e. The quantitative estimate of drug-likeness (QED) is 0.211. The van der Waals surface area contributed by atoms with Crippen LogP contribution in [0.15, 0.2) is 42.6 Å². The monoisotopic (exact) mass is 477 g/mol. The lowest BCUT2D eigenvalue weighted by atomic mass is 9.77. The van der Waals surface area contributed by atoms with Gasteiger partial charge in [-0.3, -0.25) is 4.98 Å². The van der Waals surface area contributed by atoms with Gasteiger partial charge in [-0.1, -0.05) is 128 Å². The lowest BCUT2D eigenvalue weighted by Crippen LogP contribution is -2.15. The summed E-state index contributed by atoms with van der Waals surface area (Å²) in [5, 5.41) is 0. The van der Waals surface area contributed by atoms with Gasteiger partial charge >= 0.3 is 0 Å². The normalized spacial score (nSPS) is 18.0. The molecule has 0 spiro atoms. The zero-order valence-electron chi connectivity index (χ0n) is 22.8. The van der Waals surface area contributed by atoms with E-state index in [4.69, 9.17) is 4.74 Å². The second-order valence-corrected chi connectivity index (χ2v) is 11.0. The van der Waals surface area contributed by atoms with Crippen LogP contribution in [0.25, 0.3) is 11.3 Å². The number of rotatable bonds is 17. The first kappa shape index (κ1) is 27.8. The van der Waals surface area contributed by atoms with Crippen molar-refractivity contribution in [3.8, 4) is 17.0 Å². The highest BCUT2D eigenvalue weighted by Gasteiger charge is 2.20. The molecule has 2 nitrogen and oxygen atoms in total. The molecule has 1 aliphatic carbocycles. The number of ether oxygens (including phenoxy) is 1. The maximum atomic E-state index is 5.86. The third kappa shape index (κ3) is 10.8. The summed E-state index contributed by atoms with van der Waals surface area (Å²) in [5.74, 6) is 2.83. The Labute approximate surface area is 216 Å². The van der Waals surface area contributed by atoms with Crippen LogP contribution in [-0.2, 0) is 6.42 Å². The minimum atomic E-state index is 0.792. The Bertz CT molecular complexity index is 774. The molecule has 1 aromatic heterocycles. The summed E-state index contributed by atoms with van der Waals surface area (Å²) < 4.78 is 5.86. The molecule has 1 aliphatic rings. The fourth-order valence-corrected chi connectivity index (χ4v) is 5.59. The van der Waals surface area contributed by atoms with Crippen LogP contribution in [-0.4, -0.2) is 11.6 Å². The van der Waals surface area contributed by atoms with Crippen molar-refractivity contribution in [2.24, 2.45) is 11.8 Å². The number of pyridine rings is 1. The lowest BCUT2D eigenvalue weighted by Gasteiger charge is -2.28. The van der Waals surface area contributed by atoms with Gasteiger partial charge in [0, 0.05) is 5.56 Å². The minimum absolute atomic E-state index is 0.792. The molecule has 0 bridgehead atoms. The number of benzene rings is 1. The summed E-state index contributed by atoms with van der Waals surface area (Å²) in [4.78, 5) is 4.64.